The first-order valence-corrected chi connectivity index (χ1v) is 19.7. The van der Waals surface area contributed by atoms with Crippen LogP contribution in [0, 0.1) is 0 Å². The van der Waals surface area contributed by atoms with Crippen molar-refractivity contribution in [3.63, 3.8) is 0 Å². The van der Waals surface area contributed by atoms with Crippen molar-refractivity contribution in [2.24, 2.45) is 0 Å². The normalized spacial score (nSPS) is 13.2. The molecule has 0 aliphatic rings. The number of amides is 2. The number of rotatable bonds is 13. The third-order valence-electron chi connectivity index (χ3n) is 9.96. The fraction of sp³-hybridized carbons (Fsp3) is 0.0833. The molecule has 12 heteroatoms. The number of carbonyl (C=O) groups excluding carboxylic acids is 2. The van der Waals surface area contributed by atoms with Crippen LogP contribution in [0.1, 0.15) is 34.3 Å². The number of halogens is 2. The highest BCUT2D eigenvalue weighted by atomic mass is 35.5. The molecule has 0 saturated carbocycles. The van der Waals surface area contributed by atoms with Crippen molar-refractivity contribution in [3.8, 4) is 23.0 Å². The van der Waals surface area contributed by atoms with Gasteiger partial charge in [0.1, 0.15) is 34.0 Å². The summed E-state index contributed by atoms with van der Waals surface area (Å²) < 4.78 is 12.9. The zero-order valence-corrected chi connectivity index (χ0v) is 33.2. The van der Waals surface area contributed by atoms with Crippen LogP contribution >= 0.6 is 23.2 Å². The van der Waals surface area contributed by atoms with E-state index in [-0.39, 0.29) is 45.2 Å². The van der Waals surface area contributed by atoms with E-state index in [0.29, 0.717) is 31.9 Å². The van der Waals surface area contributed by atoms with Gasteiger partial charge in [0.15, 0.2) is 0 Å². The molecular formula is C48H36Cl2N4O6. The number of ether oxygens (including phenoxy) is 2. The largest absolute Gasteiger partial charge is 0.505 e. The van der Waals surface area contributed by atoms with Crippen LogP contribution in [-0.2, 0) is 9.59 Å². The van der Waals surface area contributed by atoms with E-state index in [4.69, 9.17) is 32.7 Å². The molecule has 8 rings (SSSR count). The van der Waals surface area contributed by atoms with Gasteiger partial charge in [-0.3, -0.25) is 19.6 Å². The summed E-state index contributed by atoms with van der Waals surface area (Å²) in [7, 11) is 0. The summed E-state index contributed by atoms with van der Waals surface area (Å²) in [6.45, 7) is 0. The van der Waals surface area contributed by atoms with Gasteiger partial charge in [0, 0.05) is 34.3 Å². The monoisotopic (exact) mass is 834 g/mol. The number of benzene rings is 6. The highest BCUT2D eigenvalue weighted by molar-refractivity contribution is 6.36. The fourth-order valence-electron chi connectivity index (χ4n) is 7.07. The van der Waals surface area contributed by atoms with E-state index < -0.39 is 36.1 Å². The lowest BCUT2D eigenvalue weighted by Gasteiger charge is -2.31. The Kier molecular flexibility index (Phi) is 11.8. The van der Waals surface area contributed by atoms with Crippen LogP contribution in [0.15, 0.2) is 170 Å². The average molecular weight is 836 g/mol. The molecular weight excluding hydrogens is 799 g/mol. The molecule has 2 amide bonds. The predicted octanol–water partition coefficient (Wildman–Crippen LogP) is 9.51. The van der Waals surface area contributed by atoms with Crippen molar-refractivity contribution in [1.82, 2.24) is 20.6 Å². The number of nitrogens with one attached hydrogen (secondary N) is 2. The minimum Gasteiger partial charge on any atom is -0.505 e. The van der Waals surface area contributed by atoms with Crippen LogP contribution in [-0.4, -0.2) is 44.2 Å². The topological polar surface area (TPSA) is 143 Å². The third kappa shape index (κ3) is 8.38. The molecule has 0 bridgehead atoms. The molecule has 4 N–H and O–H groups in total. The van der Waals surface area contributed by atoms with Gasteiger partial charge in [-0.05, 0) is 71.8 Å². The minimum atomic E-state index is -1.66. The lowest BCUT2D eigenvalue weighted by Crippen LogP contribution is -2.56. The van der Waals surface area contributed by atoms with Crippen molar-refractivity contribution in [1.29, 1.82) is 0 Å². The number of phenols is 2. The Morgan fingerprint density at radius 3 is 1.22 bits per heavy atom. The van der Waals surface area contributed by atoms with Gasteiger partial charge in [0.2, 0.25) is 12.2 Å². The molecule has 0 saturated heterocycles. The van der Waals surface area contributed by atoms with E-state index in [1.54, 1.807) is 146 Å². The second-order valence-electron chi connectivity index (χ2n) is 13.8. The Labute approximate surface area is 355 Å². The number of aromatic hydroxyl groups is 2. The van der Waals surface area contributed by atoms with Crippen LogP contribution in [0.4, 0.5) is 0 Å². The maximum atomic E-state index is 15.1. The molecule has 60 heavy (non-hydrogen) atoms. The molecule has 2 heterocycles. The summed E-state index contributed by atoms with van der Waals surface area (Å²) in [4.78, 5) is 38.9. The Morgan fingerprint density at radius 1 is 0.500 bits per heavy atom. The average Bonchev–Trinajstić information content (AvgIpc) is 3.29. The number of para-hydroxylation sites is 2. The van der Waals surface area contributed by atoms with Crippen molar-refractivity contribution in [2.75, 3.05) is 0 Å². The molecule has 4 unspecified atom stereocenters. The summed E-state index contributed by atoms with van der Waals surface area (Å²) in [5, 5.41) is 31.1. The second-order valence-corrected chi connectivity index (χ2v) is 14.6. The van der Waals surface area contributed by atoms with Crippen molar-refractivity contribution < 1.29 is 29.3 Å². The first kappa shape index (κ1) is 39.7. The fourth-order valence-corrected chi connectivity index (χ4v) is 7.61. The molecule has 0 spiro atoms. The van der Waals surface area contributed by atoms with Gasteiger partial charge in [-0.2, -0.15) is 0 Å². The van der Waals surface area contributed by atoms with Crippen molar-refractivity contribution >= 4 is 56.8 Å². The number of hydrogen-bond donors (Lipinski definition) is 4. The molecule has 0 aliphatic heterocycles. The highest BCUT2D eigenvalue weighted by Crippen LogP contribution is 2.40. The van der Waals surface area contributed by atoms with Gasteiger partial charge in [-0.25, -0.2) is 0 Å². The summed E-state index contributed by atoms with van der Waals surface area (Å²) in [6.07, 6.45) is -0.253. The van der Waals surface area contributed by atoms with Gasteiger partial charge in [0.25, 0.3) is 11.8 Å². The SMILES string of the molecule is O=C(NC(c1ccccc1)c1cc(Cl)c2cccnc2c1O)C(Oc1ccccc1)C(Oc1ccccc1)C(=O)NC(c1ccccc1)c1cc(Cl)c2cccnc2c1O. The van der Waals surface area contributed by atoms with Gasteiger partial charge in [-0.15, -0.1) is 0 Å². The van der Waals surface area contributed by atoms with Gasteiger partial charge in [0.05, 0.1) is 22.1 Å². The standard InChI is InChI=1S/C48H36Cl2N4O6/c49-37-27-35(43(55)41-33(37)23-13-25-51-41)39(29-15-5-1-6-16-29)53-47(57)45(59-31-19-9-3-10-20-31)46(60-32-21-11-4-12-22-32)48(58)54-40(30-17-7-2-8-18-30)36-28-38(50)34-24-14-26-52-42(34)44(36)56/h1-28,39-40,45-46,55-56H,(H,53,57)(H,54,58). The number of hydrogen-bond acceptors (Lipinski definition) is 8. The first-order chi connectivity index (χ1) is 29.3. The highest BCUT2D eigenvalue weighted by Gasteiger charge is 2.41. The number of carbonyl (C=O) groups is 2. The molecule has 4 atom stereocenters. The summed E-state index contributed by atoms with van der Waals surface area (Å²) in [5.74, 6) is -1.36. The van der Waals surface area contributed by atoms with Gasteiger partial charge >= 0.3 is 0 Å². The molecule has 0 aliphatic carbocycles. The zero-order valence-electron chi connectivity index (χ0n) is 31.7. The van der Waals surface area contributed by atoms with Crippen LogP contribution in [0.5, 0.6) is 23.0 Å². The quantitative estimate of drug-likeness (QED) is 0.0900. The smallest absolute Gasteiger partial charge is 0.266 e. The first-order valence-electron chi connectivity index (χ1n) is 18.9. The van der Waals surface area contributed by atoms with Crippen molar-refractivity contribution in [2.45, 2.75) is 24.3 Å². The van der Waals surface area contributed by atoms with Crippen LogP contribution < -0.4 is 20.1 Å². The number of phenolic OH excluding ortho intramolecular Hbond substituents is 2. The molecule has 298 valence electrons. The lowest BCUT2D eigenvalue weighted by atomic mass is 9.95. The van der Waals surface area contributed by atoms with Crippen LogP contribution in [0.3, 0.4) is 0 Å². The van der Waals surface area contributed by atoms with Crippen molar-refractivity contribution in [3.05, 3.63) is 202 Å². The summed E-state index contributed by atoms with van der Waals surface area (Å²) >= 11 is 13.5. The summed E-state index contributed by atoms with van der Waals surface area (Å²) in [5.41, 5.74) is 2.20. The van der Waals surface area contributed by atoms with Crippen LogP contribution in [0.2, 0.25) is 10.0 Å². The Morgan fingerprint density at radius 2 is 0.850 bits per heavy atom. The maximum absolute atomic E-state index is 15.1. The molecule has 0 fully saturated rings. The third-order valence-corrected chi connectivity index (χ3v) is 10.6. The van der Waals surface area contributed by atoms with Gasteiger partial charge < -0.3 is 30.3 Å². The molecule has 8 aromatic rings. The number of pyridine rings is 2. The van der Waals surface area contributed by atoms with E-state index in [9.17, 15) is 10.2 Å². The summed E-state index contributed by atoms with van der Waals surface area (Å²) in [6, 6.07) is 43.2. The van der Waals surface area contributed by atoms with E-state index in [1.165, 1.54) is 12.4 Å². The minimum absolute atomic E-state index is 0.187. The number of nitrogens with zero attached hydrogens (tertiary/aromatic N) is 2. The number of aromatic nitrogens is 2. The zero-order chi connectivity index (χ0) is 41.6. The lowest BCUT2D eigenvalue weighted by molar-refractivity contribution is -0.143. The van der Waals surface area contributed by atoms with Crippen LogP contribution in [0.25, 0.3) is 21.8 Å². The Bertz CT molecular complexity index is 2590. The van der Waals surface area contributed by atoms with E-state index >= 15 is 9.59 Å². The maximum Gasteiger partial charge on any atom is 0.266 e. The number of fused-ring (bicyclic) bond motifs is 2. The van der Waals surface area contributed by atoms with E-state index in [2.05, 4.69) is 20.6 Å². The van der Waals surface area contributed by atoms with E-state index in [0.717, 1.165) is 0 Å². The van der Waals surface area contributed by atoms with E-state index in [1.807, 2.05) is 12.1 Å². The Hall–Kier alpha value is -7.14. The predicted molar refractivity (Wildman–Crippen MR) is 231 cm³/mol. The second kappa shape index (κ2) is 17.8. The van der Waals surface area contributed by atoms with Gasteiger partial charge in [-0.1, -0.05) is 120 Å². The Balaban J connectivity index is 1.24. The molecule has 6 aromatic carbocycles. The molecule has 0 radical (unpaired) electrons. The molecule has 2 aromatic heterocycles. The molecule has 10 nitrogen and oxygen atoms in total.